The summed E-state index contributed by atoms with van der Waals surface area (Å²) in [7, 11) is 0. The molecule has 1 aromatic carbocycles. The zero-order valence-electron chi connectivity index (χ0n) is 11.3. The highest BCUT2D eigenvalue weighted by Crippen LogP contribution is 2.24. The van der Waals surface area contributed by atoms with Gasteiger partial charge in [-0.1, -0.05) is 6.92 Å². The molecule has 1 fully saturated rings. The van der Waals surface area contributed by atoms with Gasteiger partial charge in [-0.25, -0.2) is 5.43 Å². The molecular weight excluding hydrogens is 258 g/mol. The first-order valence-corrected chi connectivity index (χ1v) is 6.73. The summed E-state index contributed by atoms with van der Waals surface area (Å²) in [5.41, 5.74) is 3.91. The average molecular weight is 275 g/mol. The molecule has 20 heavy (non-hydrogen) atoms. The van der Waals surface area contributed by atoms with Gasteiger partial charge in [-0.3, -0.25) is 14.9 Å². The molecule has 0 bridgehead atoms. The molecule has 1 saturated carbocycles. The maximum absolute atomic E-state index is 11.9. The Bertz CT molecular complexity index is 537. The molecular formula is C14H17N3O3. The van der Waals surface area contributed by atoms with Crippen molar-refractivity contribution in [1.82, 2.24) is 5.43 Å². The first kappa shape index (κ1) is 14.2. The maximum Gasteiger partial charge on any atom is 0.271 e. The number of rotatable bonds is 4. The van der Waals surface area contributed by atoms with E-state index in [0.29, 0.717) is 11.5 Å². The van der Waals surface area contributed by atoms with E-state index in [1.807, 2.05) is 0 Å². The van der Waals surface area contributed by atoms with Crippen LogP contribution in [0.2, 0.25) is 0 Å². The second kappa shape index (κ2) is 6.27. The first-order valence-electron chi connectivity index (χ1n) is 6.73. The molecule has 0 aromatic heterocycles. The third-order valence-electron chi connectivity index (χ3n) is 3.59. The number of nitrogens with one attached hydrogen (secondary N) is 1. The van der Waals surface area contributed by atoms with E-state index in [9.17, 15) is 14.9 Å². The lowest BCUT2D eigenvalue weighted by Crippen LogP contribution is -2.20. The number of nitro benzene ring substituents is 1. The van der Waals surface area contributed by atoms with Gasteiger partial charge in [-0.2, -0.15) is 5.10 Å². The molecule has 1 atom stereocenters. The number of nitrogens with zero attached hydrogens (tertiary/aromatic N) is 2. The van der Waals surface area contributed by atoms with E-state index in [1.165, 1.54) is 24.3 Å². The van der Waals surface area contributed by atoms with Crippen molar-refractivity contribution in [2.75, 3.05) is 0 Å². The minimum Gasteiger partial charge on any atom is -0.267 e. The Morgan fingerprint density at radius 2 is 2.15 bits per heavy atom. The van der Waals surface area contributed by atoms with Gasteiger partial charge < -0.3 is 0 Å². The van der Waals surface area contributed by atoms with E-state index in [2.05, 4.69) is 17.5 Å². The number of hydrazone groups is 1. The molecule has 0 heterocycles. The molecule has 0 aliphatic heterocycles. The second-order valence-electron chi connectivity index (χ2n) is 4.85. The topological polar surface area (TPSA) is 84.6 Å². The molecule has 1 aromatic rings. The van der Waals surface area contributed by atoms with Crippen LogP contribution in [-0.4, -0.2) is 16.5 Å². The Labute approximate surface area is 117 Å². The standard InChI is InChI=1S/C14H17N3O3/c1-2-10-4-3-5-13(10)15-16-14(18)11-6-8-12(9-7-11)17(19)20/h6-10H,2-5H2,1H3,(H,16,18). The fraction of sp³-hybridized carbons (Fsp3) is 0.429. The van der Waals surface area contributed by atoms with Gasteiger partial charge in [0.15, 0.2) is 0 Å². The molecule has 0 spiro atoms. The van der Waals surface area contributed by atoms with Crippen LogP contribution in [0, 0.1) is 16.0 Å². The quantitative estimate of drug-likeness (QED) is 0.677. The van der Waals surface area contributed by atoms with E-state index < -0.39 is 4.92 Å². The van der Waals surface area contributed by atoms with Gasteiger partial charge in [-0.15, -0.1) is 0 Å². The highest BCUT2D eigenvalue weighted by molar-refractivity contribution is 5.96. The van der Waals surface area contributed by atoms with Gasteiger partial charge in [0, 0.05) is 23.4 Å². The number of nitro groups is 1. The Kier molecular flexibility index (Phi) is 4.45. The fourth-order valence-corrected chi connectivity index (χ4v) is 2.41. The molecule has 1 N–H and O–H groups in total. The highest BCUT2D eigenvalue weighted by Gasteiger charge is 2.21. The van der Waals surface area contributed by atoms with Gasteiger partial charge in [0.2, 0.25) is 0 Å². The third-order valence-corrected chi connectivity index (χ3v) is 3.59. The zero-order valence-corrected chi connectivity index (χ0v) is 11.3. The van der Waals surface area contributed by atoms with Crippen LogP contribution in [0.4, 0.5) is 5.69 Å². The Morgan fingerprint density at radius 3 is 2.75 bits per heavy atom. The first-order chi connectivity index (χ1) is 9.61. The molecule has 6 heteroatoms. The summed E-state index contributed by atoms with van der Waals surface area (Å²) in [6.07, 6.45) is 4.21. The normalized spacial score (nSPS) is 20.1. The molecule has 6 nitrogen and oxygen atoms in total. The Hall–Kier alpha value is -2.24. The molecule has 0 saturated heterocycles. The van der Waals surface area contributed by atoms with Crippen molar-refractivity contribution >= 4 is 17.3 Å². The Balaban J connectivity index is 2.01. The molecule has 1 amide bonds. The SMILES string of the molecule is CCC1CCCC1=NNC(=O)c1ccc([N+](=O)[O-])cc1. The van der Waals surface area contributed by atoms with E-state index >= 15 is 0 Å². The van der Waals surface area contributed by atoms with Crippen LogP contribution in [0.25, 0.3) is 0 Å². The van der Waals surface area contributed by atoms with Crippen molar-refractivity contribution in [2.24, 2.45) is 11.0 Å². The number of benzene rings is 1. The van der Waals surface area contributed by atoms with Crippen LogP contribution in [0.5, 0.6) is 0 Å². The summed E-state index contributed by atoms with van der Waals surface area (Å²) in [5.74, 6) is 0.126. The minimum atomic E-state index is -0.494. The van der Waals surface area contributed by atoms with Crippen LogP contribution in [-0.2, 0) is 0 Å². The van der Waals surface area contributed by atoms with Crippen molar-refractivity contribution in [3.63, 3.8) is 0 Å². The molecule has 1 aliphatic rings. The van der Waals surface area contributed by atoms with Crippen LogP contribution in [0.1, 0.15) is 43.0 Å². The van der Waals surface area contributed by atoms with E-state index in [4.69, 9.17) is 0 Å². The minimum absolute atomic E-state index is 0.0327. The van der Waals surface area contributed by atoms with Crippen LogP contribution in [0.15, 0.2) is 29.4 Å². The number of amides is 1. The number of carbonyl (C=O) groups excluding carboxylic acids is 1. The molecule has 2 rings (SSSR count). The van der Waals surface area contributed by atoms with Crippen LogP contribution < -0.4 is 5.43 Å². The summed E-state index contributed by atoms with van der Waals surface area (Å²) < 4.78 is 0. The summed E-state index contributed by atoms with van der Waals surface area (Å²) in [4.78, 5) is 21.9. The summed E-state index contributed by atoms with van der Waals surface area (Å²) in [6, 6.07) is 5.48. The predicted octanol–water partition coefficient (Wildman–Crippen LogP) is 2.89. The van der Waals surface area contributed by atoms with Crippen molar-refractivity contribution in [3.8, 4) is 0 Å². The van der Waals surface area contributed by atoms with Gasteiger partial charge in [-0.05, 0) is 43.7 Å². The molecule has 1 unspecified atom stereocenters. The van der Waals surface area contributed by atoms with Crippen molar-refractivity contribution < 1.29 is 9.72 Å². The highest BCUT2D eigenvalue weighted by atomic mass is 16.6. The lowest BCUT2D eigenvalue weighted by molar-refractivity contribution is -0.384. The number of carbonyl (C=O) groups is 1. The average Bonchev–Trinajstić information content (AvgIpc) is 2.92. The summed E-state index contributed by atoms with van der Waals surface area (Å²) in [5, 5.41) is 14.7. The van der Waals surface area contributed by atoms with E-state index in [1.54, 1.807) is 0 Å². The van der Waals surface area contributed by atoms with Crippen molar-refractivity contribution in [2.45, 2.75) is 32.6 Å². The molecule has 106 valence electrons. The van der Waals surface area contributed by atoms with E-state index in [0.717, 1.165) is 31.4 Å². The van der Waals surface area contributed by atoms with Gasteiger partial charge in [0.1, 0.15) is 0 Å². The van der Waals surface area contributed by atoms with Gasteiger partial charge in [0.25, 0.3) is 11.6 Å². The number of hydrogen-bond donors (Lipinski definition) is 1. The Morgan fingerprint density at radius 1 is 1.45 bits per heavy atom. The monoisotopic (exact) mass is 275 g/mol. The number of non-ortho nitro benzene ring substituents is 1. The summed E-state index contributed by atoms with van der Waals surface area (Å²) >= 11 is 0. The smallest absolute Gasteiger partial charge is 0.267 e. The number of hydrogen-bond acceptors (Lipinski definition) is 4. The van der Waals surface area contributed by atoms with Crippen LogP contribution >= 0.6 is 0 Å². The van der Waals surface area contributed by atoms with Gasteiger partial charge >= 0.3 is 0 Å². The maximum atomic E-state index is 11.9. The van der Waals surface area contributed by atoms with Crippen molar-refractivity contribution in [1.29, 1.82) is 0 Å². The lowest BCUT2D eigenvalue weighted by atomic mass is 10.0. The predicted molar refractivity (Wildman–Crippen MR) is 75.6 cm³/mol. The summed E-state index contributed by atoms with van der Waals surface area (Å²) in [6.45, 7) is 2.11. The molecule has 1 aliphatic carbocycles. The van der Waals surface area contributed by atoms with Crippen LogP contribution in [0.3, 0.4) is 0 Å². The van der Waals surface area contributed by atoms with Gasteiger partial charge in [0.05, 0.1) is 4.92 Å². The lowest BCUT2D eigenvalue weighted by Gasteiger charge is -2.07. The third kappa shape index (κ3) is 3.20. The van der Waals surface area contributed by atoms with E-state index in [-0.39, 0.29) is 11.6 Å². The largest absolute Gasteiger partial charge is 0.271 e. The second-order valence-corrected chi connectivity index (χ2v) is 4.85. The fourth-order valence-electron chi connectivity index (χ4n) is 2.41. The molecule has 0 radical (unpaired) electrons. The van der Waals surface area contributed by atoms with Crippen molar-refractivity contribution in [3.05, 3.63) is 39.9 Å². The zero-order chi connectivity index (χ0) is 14.5.